The predicted octanol–water partition coefficient (Wildman–Crippen LogP) is 1.67. The van der Waals surface area contributed by atoms with Crippen molar-refractivity contribution in [2.24, 2.45) is 0 Å². The molecule has 0 bridgehead atoms. The van der Waals surface area contributed by atoms with Crippen molar-refractivity contribution in [3.05, 3.63) is 24.0 Å². The van der Waals surface area contributed by atoms with Crippen LogP contribution >= 0.6 is 0 Å². The second-order valence-electron chi connectivity index (χ2n) is 3.70. The van der Waals surface area contributed by atoms with Gasteiger partial charge in [0.1, 0.15) is 0 Å². The summed E-state index contributed by atoms with van der Waals surface area (Å²) in [5, 5.41) is 0. The van der Waals surface area contributed by atoms with Gasteiger partial charge in [-0.15, -0.1) is 0 Å². The topological polar surface area (TPSA) is 6.48 Å². The van der Waals surface area contributed by atoms with Crippen LogP contribution in [0.5, 0.6) is 0 Å². The van der Waals surface area contributed by atoms with Gasteiger partial charge in [-0.25, -0.2) is 0 Å². The lowest BCUT2D eigenvalue weighted by Gasteiger charge is -2.33. The van der Waals surface area contributed by atoms with Crippen LogP contribution in [-0.2, 0) is 0 Å². The molecular weight excluding hydrogens is 148 g/mol. The van der Waals surface area contributed by atoms with Gasteiger partial charge in [-0.3, -0.25) is 4.90 Å². The first-order valence-electron chi connectivity index (χ1n) is 4.37. The molecule has 1 saturated heterocycles. The molecule has 0 N–H and O–H groups in total. The number of nitrogens with zero attached hydrogens (tertiary/aromatic N) is 2. The van der Waals surface area contributed by atoms with E-state index in [0.29, 0.717) is 0 Å². The molecule has 1 aliphatic heterocycles. The first-order valence-corrected chi connectivity index (χ1v) is 4.37. The van der Waals surface area contributed by atoms with E-state index in [0.717, 1.165) is 19.6 Å². The Bertz CT molecular complexity index is 202. The van der Waals surface area contributed by atoms with E-state index in [4.69, 9.17) is 0 Å². The fraction of sp³-hybridized carbons (Fsp3) is 0.600. The zero-order valence-corrected chi connectivity index (χ0v) is 8.30. The highest BCUT2D eigenvalue weighted by atomic mass is 15.2. The van der Waals surface area contributed by atoms with Crippen molar-refractivity contribution in [2.75, 3.05) is 26.7 Å². The van der Waals surface area contributed by atoms with E-state index in [1.165, 1.54) is 11.3 Å². The largest absolute Gasteiger partial charge is 0.350 e. The first kappa shape index (κ1) is 9.33. The summed E-state index contributed by atoms with van der Waals surface area (Å²) in [4.78, 5) is 4.53. The molecule has 1 fully saturated rings. The van der Waals surface area contributed by atoms with Crippen LogP contribution in [0.3, 0.4) is 0 Å². The molecule has 0 aromatic carbocycles. The highest BCUT2D eigenvalue weighted by molar-refractivity contribution is 5.08. The Morgan fingerprint density at radius 3 is 2.58 bits per heavy atom. The van der Waals surface area contributed by atoms with Crippen molar-refractivity contribution in [1.29, 1.82) is 0 Å². The smallest absolute Gasteiger partial charge is 0.0378 e. The van der Waals surface area contributed by atoms with Crippen molar-refractivity contribution < 1.29 is 0 Å². The number of hydrogen-bond acceptors (Lipinski definition) is 2. The fourth-order valence-electron chi connectivity index (χ4n) is 1.39. The lowest BCUT2D eigenvalue weighted by molar-refractivity contribution is 0.246. The maximum Gasteiger partial charge on any atom is 0.0378 e. The molecule has 0 aromatic heterocycles. The van der Waals surface area contributed by atoms with Crippen molar-refractivity contribution in [3.8, 4) is 0 Å². The number of hydrogen-bond donors (Lipinski definition) is 0. The average molecular weight is 166 g/mol. The number of allylic oxidation sites excluding steroid dienone is 1. The average Bonchev–Trinajstić information content (AvgIpc) is 1.94. The van der Waals surface area contributed by atoms with Gasteiger partial charge in [-0.05, 0) is 20.9 Å². The van der Waals surface area contributed by atoms with Gasteiger partial charge in [-0.1, -0.05) is 12.2 Å². The van der Waals surface area contributed by atoms with Gasteiger partial charge in [0.15, 0.2) is 0 Å². The molecular formula is C10H18N2. The van der Waals surface area contributed by atoms with Gasteiger partial charge in [0, 0.05) is 31.5 Å². The van der Waals surface area contributed by atoms with Gasteiger partial charge >= 0.3 is 0 Å². The minimum atomic E-state index is 0.990. The molecule has 2 nitrogen and oxygen atoms in total. The lowest BCUT2D eigenvalue weighted by Crippen LogP contribution is -2.39. The maximum absolute atomic E-state index is 4.04. The van der Waals surface area contributed by atoms with Gasteiger partial charge in [-0.2, -0.15) is 0 Å². The molecule has 0 spiro atoms. The van der Waals surface area contributed by atoms with Crippen molar-refractivity contribution in [3.63, 3.8) is 0 Å². The molecule has 2 heteroatoms. The normalized spacial score (nSPS) is 19.6. The quantitative estimate of drug-likeness (QED) is 0.584. The highest BCUT2D eigenvalue weighted by Gasteiger charge is 2.13. The van der Waals surface area contributed by atoms with E-state index in [2.05, 4.69) is 43.5 Å². The molecule has 1 heterocycles. The molecule has 0 saturated carbocycles. The van der Waals surface area contributed by atoms with Crippen molar-refractivity contribution >= 4 is 0 Å². The third kappa shape index (κ3) is 2.38. The predicted molar refractivity (Wildman–Crippen MR) is 52.8 cm³/mol. The second-order valence-corrected chi connectivity index (χ2v) is 3.70. The molecule has 1 rings (SSSR count). The second kappa shape index (κ2) is 3.76. The Hall–Kier alpha value is -0.760. The molecule has 0 radical (unpaired) electrons. The van der Waals surface area contributed by atoms with Crippen LogP contribution < -0.4 is 0 Å². The first-order chi connectivity index (χ1) is 5.59. The molecule has 1 aliphatic rings. The Balaban J connectivity index is 2.57. The number of likely N-dealkylation sites (N-methyl/N-ethyl adjacent to an activating group) is 1. The van der Waals surface area contributed by atoms with Gasteiger partial charge in [0.2, 0.25) is 0 Å². The van der Waals surface area contributed by atoms with E-state index in [-0.39, 0.29) is 0 Å². The molecule has 0 aromatic rings. The molecule has 0 amide bonds. The summed E-state index contributed by atoms with van der Waals surface area (Å²) in [6.07, 6.45) is 2.18. The Morgan fingerprint density at radius 1 is 1.42 bits per heavy atom. The molecule has 0 unspecified atom stereocenters. The highest BCUT2D eigenvalue weighted by Crippen LogP contribution is 2.11. The lowest BCUT2D eigenvalue weighted by atomic mass is 10.2. The summed E-state index contributed by atoms with van der Waals surface area (Å²) in [6.45, 7) is 11.5. The Kier molecular flexibility index (Phi) is 2.93. The van der Waals surface area contributed by atoms with Crippen LogP contribution in [0, 0.1) is 0 Å². The third-order valence-corrected chi connectivity index (χ3v) is 2.00. The van der Waals surface area contributed by atoms with E-state index < -0.39 is 0 Å². The standard InChI is InChI=1S/C10H18N2/c1-9(2)7-12-6-5-11(4)8-10(12)3/h7H,3,5-6,8H2,1-2,4H3. The number of rotatable bonds is 1. The van der Waals surface area contributed by atoms with Crippen LogP contribution in [-0.4, -0.2) is 36.5 Å². The maximum atomic E-state index is 4.04. The summed E-state index contributed by atoms with van der Waals surface area (Å²) in [5.74, 6) is 0. The Labute approximate surface area is 75.2 Å². The minimum absolute atomic E-state index is 0.990. The zero-order valence-electron chi connectivity index (χ0n) is 8.30. The zero-order chi connectivity index (χ0) is 9.14. The van der Waals surface area contributed by atoms with Crippen LogP contribution in [0.2, 0.25) is 0 Å². The molecule has 0 aliphatic carbocycles. The van der Waals surface area contributed by atoms with Crippen molar-refractivity contribution in [1.82, 2.24) is 9.80 Å². The van der Waals surface area contributed by atoms with Gasteiger partial charge in [0.05, 0.1) is 0 Å². The van der Waals surface area contributed by atoms with Gasteiger partial charge < -0.3 is 4.90 Å². The van der Waals surface area contributed by atoms with Crippen LogP contribution in [0.1, 0.15) is 13.8 Å². The molecule has 12 heavy (non-hydrogen) atoms. The van der Waals surface area contributed by atoms with E-state index in [1.807, 2.05) is 0 Å². The third-order valence-electron chi connectivity index (χ3n) is 2.00. The summed E-state index contributed by atoms with van der Waals surface area (Å²) < 4.78 is 0. The molecule has 0 atom stereocenters. The van der Waals surface area contributed by atoms with Gasteiger partial charge in [0.25, 0.3) is 0 Å². The monoisotopic (exact) mass is 166 g/mol. The number of piperazine rings is 1. The minimum Gasteiger partial charge on any atom is -0.350 e. The van der Waals surface area contributed by atoms with Crippen LogP contribution in [0.25, 0.3) is 0 Å². The van der Waals surface area contributed by atoms with E-state index in [1.54, 1.807) is 0 Å². The summed E-state index contributed by atoms with van der Waals surface area (Å²) in [5.41, 5.74) is 2.53. The van der Waals surface area contributed by atoms with Crippen molar-refractivity contribution in [2.45, 2.75) is 13.8 Å². The summed E-state index contributed by atoms with van der Waals surface area (Å²) in [7, 11) is 2.13. The Morgan fingerprint density at radius 2 is 2.08 bits per heavy atom. The molecule has 68 valence electrons. The summed E-state index contributed by atoms with van der Waals surface area (Å²) in [6, 6.07) is 0. The van der Waals surface area contributed by atoms with Crippen LogP contribution in [0.4, 0.5) is 0 Å². The van der Waals surface area contributed by atoms with E-state index >= 15 is 0 Å². The fourth-order valence-corrected chi connectivity index (χ4v) is 1.39. The summed E-state index contributed by atoms with van der Waals surface area (Å²) >= 11 is 0. The SMILES string of the molecule is C=C1CN(C)CCN1C=C(C)C. The van der Waals surface area contributed by atoms with Crippen LogP contribution in [0.15, 0.2) is 24.0 Å². The van der Waals surface area contributed by atoms with E-state index in [9.17, 15) is 0 Å².